The number of hydrogen-bond acceptors (Lipinski definition) is 2. The van der Waals surface area contributed by atoms with Crippen molar-refractivity contribution in [3.05, 3.63) is 12.7 Å². The van der Waals surface area contributed by atoms with Gasteiger partial charge in [-0.15, -0.1) is 6.58 Å². The Morgan fingerprint density at radius 1 is 1.38 bits per heavy atom. The molecule has 2 fully saturated rings. The molecule has 13 heavy (non-hydrogen) atoms. The van der Waals surface area contributed by atoms with Crippen molar-refractivity contribution >= 4 is 0 Å². The molecule has 0 bridgehead atoms. The SMILES string of the molecule is C=CCN1CC2CCCC(N)C2C1. The van der Waals surface area contributed by atoms with Crippen molar-refractivity contribution in [3.8, 4) is 0 Å². The van der Waals surface area contributed by atoms with E-state index in [1.807, 2.05) is 6.08 Å². The molecule has 3 atom stereocenters. The van der Waals surface area contributed by atoms with E-state index in [1.165, 1.54) is 32.4 Å². The minimum absolute atomic E-state index is 0.466. The molecule has 74 valence electrons. The normalized spacial score (nSPS) is 40.2. The summed E-state index contributed by atoms with van der Waals surface area (Å²) in [4.78, 5) is 2.49. The summed E-state index contributed by atoms with van der Waals surface area (Å²) in [5.74, 6) is 1.65. The molecule has 0 amide bonds. The summed E-state index contributed by atoms with van der Waals surface area (Å²) in [5, 5.41) is 0. The van der Waals surface area contributed by atoms with Gasteiger partial charge in [-0.05, 0) is 24.7 Å². The van der Waals surface area contributed by atoms with E-state index in [0.29, 0.717) is 6.04 Å². The van der Waals surface area contributed by atoms with Gasteiger partial charge in [-0.2, -0.15) is 0 Å². The van der Waals surface area contributed by atoms with Crippen molar-refractivity contribution in [2.45, 2.75) is 25.3 Å². The van der Waals surface area contributed by atoms with Gasteiger partial charge in [0.15, 0.2) is 0 Å². The Balaban J connectivity index is 1.95. The Kier molecular flexibility index (Phi) is 2.70. The van der Waals surface area contributed by atoms with Gasteiger partial charge in [0, 0.05) is 25.7 Å². The average molecular weight is 180 g/mol. The highest BCUT2D eigenvalue weighted by molar-refractivity contribution is 4.94. The maximum atomic E-state index is 6.13. The molecule has 1 aliphatic carbocycles. The van der Waals surface area contributed by atoms with E-state index >= 15 is 0 Å². The highest BCUT2D eigenvalue weighted by atomic mass is 15.2. The second-order valence-electron chi connectivity index (χ2n) is 4.53. The van der Waals surface area contributed by atoms with Crippen LogP contribution in [0.4, 0.5) is 0 Å². The van der Waals surface area contributed by atoms with Gasteiger partial charge in [-0.3, -0.25) is 4.90 Å². The van der Waals surface area contributed by atoms with Crippen LogP contribution in [0.25, 0.3) is 0 Å². The zero-order chi connectivity index (χ0) is 9.26. The van der Waals surface area contributed by atoms with Crippen LogP contribution in [0, 0.1) is 11.8 Å². The van der Waals surface area contributed by atoms with E-state index in [-0.39, 0.29) is 0 Å². The Hall–Kier alpha value is -0.340. The summed E-state index contributed by atoms with van der Waals surface area (Å²) in [6.45, 7) is 7.29. The smallest absolute Gasteiger partial charge is 0.0160 e. The van der Waals surface area contributed by atoms with Crippen LogP contribution in [0.15, 0.2) is 12.7 Å². The molecule has 0 aromatic heterocycles. The third-order valence-corrected chi connectivity index (χ3v) is 3.62. The van der Waals surface area contributed by atoms with Crippen LogP contribution in [-0.2, 0) is 0 Å². The molecule has 0 radical (unpaired) electrons. The number of nitrogens with two attached hydrogens (primary N) is 1. The van der Waals surface area contributed by atoms with E-state index < -0.39 is 0 Å². The first-order chi connectivity index (χ1) is 6.31. The third kappa shape index (κ3) is 1.79. The minimum atomic E-state index is 0.466. The molecule has 1 heterocycles. The second-order valence-corrected chi connectivity index (χ2v) is 4.53. The van der Waals surface area contributed by atoms with Gasteiger partial charge in [0.1, 0.15) is 0 Å². The molecular weight excluding hydrogens is 160 g/mol. The number of fused-ring (bicyclic) bond motifs is 1. The van der Waals surface area contributed by atoms with Crippen LogP contribution < -0.4 is 5.73 Å². The lowest BCUT2D eigenvalue weighted by atomic mass is 9.78. The molecule has 0 spiro atoms. The van der Waals surface area contributed by atoms with E-state index in [0.717, 1.165) is 18.4 Å². The lowest BCUT2D eigenvalue weighted by molar-refractivity contribution is 0.259. The highest BCUT2D eigenvalue weighted by Crippen LogP contribution is 2.35. The van der Waals surface area contributed by atoms with E-state index in [4.69, 9.17) is 5.73 Å². The van der Waals surface area contributed by atoms with Gasteiger partial charge >= 0.3 is 0 Å². The van der Waals surface area contributed by atoms with Gasteiger partial charge in [0.2, 0.25) is 0 Å². The molecule has 1 saturated heterocycles. The van der Waals surface area contributed by atoms with Crippen molar-refractivity contribution in [1.82, 2.24) is 4.90 Å². The molecule has 2 N–H and O–H groups in total. The van der Waals surface area contributed by atoms with Crippen LogP contribution in [0.2, 0.25) is 0 Å². The molecule has 1 saturated carbocycles. The minimum Gasteiger partial charge on any atom is -0.327 e. The van der Waals surface area contributed by atoms with Crippen LogP contribution in [-0.4, -0.2) is 30.6 Å². The third-order valence-electron chi connectivity index (χ3n) is 3.62. The van der Waals surface area contributed by atoms with Crippen LogP contribution in [0.3, 0.4) is 0 Å². The van der Waals surface area contributed by atoms with E-state index in [9.17, 15) is 0 Å². The van der Waals surface area contributed by atoms with Gasteiger partial charge in [0.25, 0.3) is 0 Å². The molecule has 3 unspecified atom stereocenters. The zero-order valence-electron chi connectivity index (χ0n) is 8.28. The highest BCUT2D eigenvalue weighted by Gasteiger charge is 2.37. The van der Waals surface area contributed by atoms with Crippen molar-refractivity contribution in [2.75, 3.05) is 19.6 Å². The molecule has 2 heteroatoms. The first-order valence-corrected chi connectivity index (χ1v) is 5.40. The summed E-state index contributed by atoms with van der Waals surface area (Å²) in [5.41, 5.74) is 6.13. The second kappa shape index (κ2) is 3.81. The molecule has 2 rings (SSSR count). The Labute approximate surface area is 80.8 Å². The molecule has 0 aromatic rings. The quantitative estimate of drug-likeness (QED) is 0.648. The number of nitrogens with zero attached hydrogens (tertiary/aromatic N) is 1. The summed E-state index contributed by atoms with van der Waals surface area (Å²) >= 11 is 0. The van der Waals surface area contributed by atoms with Gasteiger partial charge < -0.3 is 5.73 Å². The summed E-state index contributed by atoms with van der Waals surface area (Å²) in [6.07, 6.45) is 5.97. The van der Waals surface area contributed by atoms with E-state index in [2.05, 4.69) is 11.5 Å². The predicted molar refractivity (Wildman–Crippen MR) is 55.4 cm³/mol. The van der Waals surface area contributed by atoms with Crippen molar-refractivity contribution < 1.29 is 0 Å². The fraction of sp³-hybridized carbons (Fsp3) is 0.818. The number of likely N-dealkylation sites (tertiary alicyclic amines) is 1. The predicted octanol–water partition coefficient (Wildman–Crippen LogP) is 1.23. The van der Waals surface area contributed by atoms with Gasteiger partial charge in [0.05, 0.1) is 0 Å². The van der Waals surface area contributed by atoms with Crippen molar-refractivity contribution in [3.63, 3.8) is 0 Å². The molecule has 2 aliphatic rings. The fourth-order valence-corrected chi connectivity index (χ4v) is 2.94. The maximum absolute atomic E-state index is 6.13. The Bertz CT molecular complexity index is 191. The number of rotatable bonds is 2. The van der Waals surface area contributed by atoms with Gasteiger partial charge in [-0.25, -0.2) is 0 Å². The molecule has 1 aliphatic heterocycles. The number of hydrogen-bond donors (Lipinski definition) is 1. The lowest BCUT2D eigenvalue weighted by Crippen LogP contribution is -2.38. The first kappa shape index (κ1) is 9.22. The van der Waals surface area contributed by atoms with Crippen molar-refractivity contribution in [1.29, 1.82) is 0 Å². The molecule has 0 aromatic carbocycles. The van der Waals surface area contributed by atoms with Crippen molar-refractivity contribution in [2.24, 2.45) is 17.6 Å². The van der Waals surface area contributed by atoms with Crippen LogP contribution in [0.1, 0.15) is 19.3 Å². The lowest BCUT2D eigenvalue weighted by Gasteiger charge is -2.29. The first-order valence-electron chi connectivity index (χ1n) is 5.40. The molecular formula is C11H20N2. The Morgan fingerprint density at radius 2 is 2.23 bits per heavy atom. The van der Waals surface area contributed by atoms with Gasteiger partial charge in [-0.1, -0.05) is 12.5 Å². The van der Waals surface area contributed by atoms with Crippen LogP contribution in [0.5, 0.6) is 0 Å². The summed E-state index contributed by atoms with van der Waals surface area (Å²) in [7, 11) is 0. The topological polar surface area (TPSA) is 29.3 Å². The standard InChI is InChI=1S/C11H20N2/c1-2-6-13-7-9-4-3-5-11(12)10(9)8-13/h2,9-11H,1,3-8,12H2. The largest absolute Gasteiger partial charge is 0.327 e. The fourth-order valence-electron chi connectivity index (χ4n) is 2.94. The van der Waals surface area contributed by atoms with Crippen LogP contribution >= 0.6 is 0 Å². The summed E-state index contributed by atoms with van der Waals surface area (Å²) in [6, 6.07) is 0.466. The Morgan fingerprint density at radius 3 is 2.92 bits per heavy atom. The summed E-state index contributed by atoms with van der Waals surface area (Å²) < 4.78 is 0. The van der Waals surface area contributed by atoms with E-state index in [1.54, 1.807) is 0 Å². The maximum Gasteiger partial charge on any atom is 0.0160 e. The monoisotopic (exact) mass is 180 g/mol. The molecule has 2 nitrogen and oxygen atoms in total. The average Bonchev–Trinajstić information content (AvgIpc) is 2.49. The zero-order valence-corrected chi connectivity index (χ0v) is 8.28.